The van der Waals surface area contributed by atoms with Crippen molar-refractivity contribution in [3.8, 4) is 23.0 Å². The summed E-state index contributed by atoms with van der Waals surface area (Å²) in [5.74, 6) is 3.88. The summed E-state index contributed by atoms with van der Waals surface area (Å²) in [5, 5.41) is 0. The minimum atomic E-state index is 0.257. The molecule has 0 N–H and O–H groups in total. The fraction of sp³-hybridized carbons (Fsp3) is 0.130. The van der Waals surface area contributed by atoms with Crippen LogP contribution >= 0.6 is 0 Å². The number of allylic oxidation sites excluding steroid dienone is 1. The fourth-order valence-corrected chi connectivity index (χ4v) is 2.96. The molecule has 0 spiro atoms. The Morgan fingerprint density at radius 2 is 1.48 bits per heavy atom. The molecule has 0 bridgehead atoms. The average Bonchev–Trinajstić information content (AvgIpc) is 3.20. The van der Waals surface area contributed by atoms with Crippen LogP contribution in [0.4, 0.5) is 0 Å². The van der Waals surface area contributed by atoms with E-state index in [0.717, 1.165) is 45.5 Å². The highest BCUT2D eigenvalue weighted by atomic mass is 16.7. The van der Waals surface area contributed by atoms with E-state index in [9.17, 15) is 0 Å². The standard InChI is InChI=1S/C23H20O4/c1-16(18-10-13-21-22(14-18)26-15-25-21)23(27-20-6-4-3-5-7-20)17-8-11-19(24-2)12-9-17/h3-14H,15H2,1-2H3/b23-16-. The number of rotatable bonds is 5. The van der Waals surface area contributed by atoms with Crippen molar-refractivity contribution < 1.29 is 18.9 Å². The fourth-order valence-electron chi connectivity index (χ4n) is 2.96. The molecule has 0 unspecified atom stereocenters. The third-order valence-corrected chi connectivity index (χ3v) is 4.46. The second-order valence-corrected chi connectivity index (χ2v) is 6.17. The van der Waals surface area contributed by atoms with E-state index in [1.807, 2.05) is 79.7 Å². The molecule has 3 aromatic rings. The van der Waals surface area contributed by atoms with Crippen LogP contribution in [0.1, 0.15) is 18.1 Å². The Balaban J connectivity index is 1.78. The number of hydrogen-bond acceptors (Lipinski definition) is 4. The van der Waals surface area contributed by atoms with Crippen molar-refractivity contribution in [2.45, 2.75) is 6.92 Å². The van der Waals surface area contributed by atoms with Gasteiger partial charge in [-0.3, -0.25) is 0 Å². The molecule has 0 fully saturated rings. The highest BCUT2D eigenvalue weighted by Crippen LogP contribution is 2.37. The van der Waals surface area contributed by atoms with Gasteiger partial charge in [0, 0.05) is 5.56 Å². The molecule has 4 nitrogen and oxygen atoms in total. The van der Waals surface area contributed by atoms with E-state index in [2.05, 4.69) is 0 Å². The molecule has 0 saturated carbocycles. The first-order valence-corrected chi connectivity index (χ1v) is 8.73. The summed E-state index contributed by atoms with van der Waals surface area (Å²) in [5.41, 5.74) is 2.98. The highest BCUT2D eigenvalue weighted by Gasteiger charge is 2.17. The van der Waals surface area contributed by atoms with Crippen molar-refractivity contribution in [1.82, 2.24) is 0 Å². The summed E-state index contributed by atoms with van der Waals surface area (Å²) in [6.45, 7) is 2.30. The van der Waals surface area contributed by atoms with Gasteiger partial charge in [-0.25, -0.2) is 0 Å². The number of ether oxygens (including phenoxy) is 4. The third-order valence-electron chi connectivity index (χ3n) is 4.46. The van der Waals surface area contributed by atoms with Crippen LogP contribution in [-0.4, -0.2) is 13.9 Å². The average molecular weight is 360 g/mol. The molecule has 1 aliphatic heterocycles. The van der Waals surface area contributed by atoms with Crippen molar-refractivity contribution in [2.24, 2.45) is 0 Å². The monoisotopic (exact) mass is 360 g/mol. The predicted octanol–water partition coefficient (Wildman–Crippen LogP) is 5.39. The molecular formula is C23H20O4. The molecule has 1 heterocycles. The number of hydrogen-bond donors (Lipinski definition) is 0. The van der Waals surface area contributed by atoms with Crippen molar-refractivity contribution in [2.75, 3.05) is 13.9 Å². The number of benzene rings is 3. The summed E-state index contributed by atoms with van der Waals surface area (Å²) in [7, 11) is 1.66. The zero-order chi connectivity index (χ0) is 18.6. The van der Waals surface area contributed by atoms with Gasteiger partial charge in [0.15, 0.2) is 11.5 Å². The van der Waals surface area contributed by atoms with Gasteiger partial charge < -0.3 is 18.9 Å². The molecule has 0 radical (unpaired) electrons. The van der Waals surface area contributed by atoms with Gasteiger partial charge in [-0.05, 0) is 66.6 Å². The Hall–Kier alpha value is -3.40. The summed E-state index contributed by atoms with van der Waals surface area (Å²) in [6.07, 6.45) is 0. The first kappa shape index (κ1) is 17.0. The van der Waals surface area contributed by atoms with Crippen molar-refractivity contribution >= 4 is 11.3 Å². The Labute approximate surface area is 158 Å². The molecule has 0 saturated heterocycles. The predicted molar refractivity (Wildman–Crippen MR) is 105 cm³/mol. The maximum Gasteiger partial charge on any atom is 0.231 e. The number of para-hydroxylation sites is 1. The van der Waals surface area contributed by atoms with Crippen molar-refractivity contribution in [3.63, 3.8) is 0 Å². The van der Waals surface area contributed by atoms with Crippen molar-refractivity contribution in [1.29, 1.82) is 0 Å². The van der Waals surface area contributed by atoms with E-state index in [4.69, 9.17) is 18.9 Å². The first-order valence-electron chi connectivity index (χ1n) is 8.73. The van der Waals surface area contributed by atoms with Gasteiger partial charge in [-0.2, -0.15) is 0 Å². The van der Waals surface area contributed by atoms with Gasteiger partial charge >= 0.3 is 0 Å². The van der Waals surface area contributed by atoms with Crippen LogP contribution in [0.15, 0.2) is 72.8 Å². The van der Waals surface area contributed by atoms with Crippen LogP contribution < -0.4 is 18.9 Å². The maximum atomic E-state index is 6.28. The van der Waals surface area contributed by atoms with Crippen LogP contribution in [-0.2, 0) is 0 Å². The molecule has 0 aromatic heterocycles. The van der Waals surface area contributed by atoms with Gasteiger partial charge in [0.25, 0.3) is 0 Å². The smallest absolute Gasteiger partial charge is 0.231 e. The van der Waals surface area contributed by atoms with Crippen LogP contribution in [0.2, 0.25) is 0 Å². The van der Waals surface area contributed by atoms with E-state index in [1.54, 1.807) is 7.11 Å². The van der Waals surface area contributed by atoms with Gasteiger partial charge in [-0.15, -0.1) is 0 Å². The van der Waals surface area contributed by atoms with Gasteiger partial charge in [-0.1, -0.05) is 24.3 Å². The van der Waals surface area contributed by atoms with Gasteiger partial charge in [0.2, 0.25) is 6.79 Å². The molecule has 4 heteroatoms. The zero-order valence-electron chi connectivity index (χ0n) is 15.3. The first-order chi connectivity index (χ1) is 13.2. The third kappa shape index (κ3) is 3.60. The topological polar surface area (TPSA) is 36.9 Å². The number of methoxy groups -OCH3 is 1. The Bertz CT molecular complexity index is 959. The van der Waals surface area contributed by atoms with E-state index in [0.29, 0.717) is 0 Å². The lowest BCUT2D eigenvalue weighted by molar-refractivity contribution is 0.174. The molecular weight excluding hydrogens is 340 g/mol. The lowest BCUT2D eigenvalue weighted by atomic mass is 10.0. The van der Waals surface area contributed by atoms with Crippen LogP contribution in [0.3, 0.4) is 0 Å². The highest BCUT2D eigenvalue weighted by molar-refractivity contribution is 5.88. The maximum absolute atomic E-state index is 6.28. The van der Waals surface area contributed by atoms with Crippen LogP contribution in [0.25, 0.3) is 11.3 Å². The molecule has 0 atom stereocenters. The molecule has 4 rings (SSSR count). The minimum Gasteiger partial charge on any atom is -0.497 e. The Kier molecular flexibility index (Phi) is 4.71. The van der Waals surface area contributed by atoms with E-state index >= 15 is 0 Å². The summed E-state index contributed by atoms with van der Waals surface area (Å²) >= 11 is 0. The number of fused-ring (bicyclic) bond motifs is 1. The normalized spacial score (nSPS) is 13.1. The van der Waals surface area contributed by atoms with Crippen LogP contribution in [0.5, 0.6) is 23.0 Å². The van der Waals surface area contributed by atoms with E-state index in [-0.39, 0.29) is 6.79 Å². The lowest BCUT2D eigenvalue weighted by Crippen LogP contribution is -1.99. The zero-order valence-corrected chi connectivity index (χ0v) is 15.3. The molecule has 27 heavy (non-hydrogen) atoms. The SMILES string of the molecule is COc1ccc(/C(Oc2ccccc2)=C(\C)c2ccc3c(c2)OCO3)cc1. The second-order valence-electron chi connectivity index (χ2n) is 6.17. The molecule has 136 valence electrons. The Morgan fingerprint density at radius 1 is 0.778 bits per heavy atom. The quantitative estimate of drug-likeness (QED) is 0.451. The van der Waals surface area contributed by atoms with Crippen molar-refractivity contribution in [3.05, 3.63) is 83.9 Å². The molecule has 1 aliphatic rings. The minimum absolute atomic E-state index is 0.257. The Morgan fingerprint density at radius 3 is 2.22 bits per heavy atom. The largest absolute Gasteiger partial charge is 0.497 e. The summed E-state index contributed by atoms with van der Waals surface area (Å²) < 4.78 is 22.5. The lowest BCUT2D eigenvalue weighted by Gasteiger charge is -2.15. The van der Waals surface area contributed by atoms with Gasteiger partial charge in [0.05, 0.1) is 7.11 Å². The van der Waals surface area contributed by atoms with E-state index in [1.165, 1.54) is 0 Å². The second kappa shape index (κ2) is 7.46. The molecule has 0 amide bonds. The summed E-state index contributed by atoms with van der Waals surface area (Å²) in [4.78, 5) is 0. The van der Waals surface area contributed by atoms with E-state index < -0.39 is 0 Å². The molecule has 0 aliphatic carbocycles. The molecule has 3 aromatic carbocycles. The summed E-state index contributed by atoms with van der Waals surface area (Å²) in [6, 6.07) is 23.5. The van der Waals surface area contributed by atoms with Gasteiger partial charge in [0.1, 0.15) is 17.3 Å². The van der Waals surface area contributed by atoms with Crippen LogP contribution in [0, 0.1) is 0 Å².